The number of rotatable bonds is 5. The molecule has 34 heavy (non-hydrogen) atoms. The Morgan fingerprint density at radius 3 is 2.68 bits per heavy atom. The van der Waals surface area contributed by atoms with E-state index in [4.69, 9.17) is 16.7 Å². The number of aromatic nitrogens is 4. The molecule has 1 aromatic carbocycles. The average molecular weight is 478 g/mol. The van der Waals surface area contributed by atoms with Crippen molar-refractivity contribution in [3.8, 4) is 11.3 Å². The zero-order valence-electron chi connectivity index (χ0n) is 18.7. The second-order valence-electron chi connectivity index (χ2n) is 8.54. The first kappa shape index (κ1) is 22.3. The van der Waals surface area contributed by atoms with E-state index in [1.807, 2.05) is 27.9 Å². The molecule has 4 aromatic rings. The summed E-state index contributed by atoms with van der Waals surface area (Å²) in [5, 5.41) is 15.0. The van der Waals surface area contributed by atoms with Gasteiger partial charge in [-0.05, 0) is 42.7 Å². The fourth-order valence-electron chi connectivity index (χ4n) is 4.46. The number of fused-ring (bicyclic) bond motifs is 1. The van der Waals surface area contributed by atoms with Crippen LogP contribution in [0.3, 0.4) is 0 Å². The quantitative estimate of drug-likeness (QED) is 0.423. The van der Waals surface area contributed by atoms with Gasteiger partial charge in [-0.1, -0.05) is 17.7 Å². The van der Waals surface area contributed by atoms with Crippen molar-refractivity contribution in [1.82, 2.24) is 24.6 Å². The molecule has 1 fully saturated rings. The van der Waals surface area contributed by atoms with E-state index in [2.05, 4.69) is 9.97 Å². The monoisotopic (exact) mass is 477 g/mol. The highest BCUT2D eigenvalue weighted by Crippen LogP contribution is 2.29. The molecule has 5 rings (SSSR count). The number of aliphatic hydroxyl groups is 1. The van der Waals surface area contributed by atoms with E-state index in [0.717, 1.165) is 37.2 Å². The van der Waals surface area contributed by atoms with Crippen molar-refractivity contribution >= 4 is 34.3 Å². The zero-order chi connectivity index (χ0) is 23.8. The number of H-pyrrole nitrogens is 1. The van der Waals surface area contributed by atoms with E-state index >= 15 is 0 Å². The van der Waals surface area contributed by atoms with Crippen LogP contribution >= 0.6 is 11.6 Å². The molecule has 0 spiro atoms. The first-order chi connectivity index (χ1) is 16.4. The molecule has 0 aliphatic carbocycles. The van der Waals surface area contributed by atoms with Gasteiger partial charge in [0.25, 0.3) is 0 Å². The number of piperidine rings is 1. The minimum absolute atomic E-state index is 0.112. The van der Waals surface area contributed by atoms with Crippen molar-refractivity contribution in [2.75, 3.05) is 13.1 Å². The van der Waals surface area contributed by atoms with Crippen LogP contribution in [0.5, 0.6) is 0 Å². The Hall–Kier alpha value is -3.49. The summed E-state index contributed by atoms with van der Waals surface area (Å²) >= 11 is 6.31. The highest BCUT2D eigenvalue weighted by molar-refractivity contribution is 6.35. The maximum absolute atomic E-state index is 13.2. The van der Waals surface area contributed by atoms with Crippen molar-refractivity contribution in [2.24, 2.45) is 0 Å². The third-order valence-corrected chi connectivity index (χ3v) is 6.74. The lowest BCUT2D eigenvalue weighted by atomic mass is 10.0. The summed E-state index contributed by atoms with van der Waals surface area (Å²) in [6, 6.07) is 9.01. The first-order valence-electron chi connectivity index (χ1n) is 11.2. The number of likely N-dealkylation sites (tertiary alicyclic amines) is 1. The lowest BCUT2D eigenvalue weighted by molar-refractivity contribution is -0.130. The van der Waals surface area contributed by atoms with Crippen LogP contribution in [0.2, 0.25) is 5.02 Å². The summed E-state index contributed by atoms with van der Waals surface area (Å²) in [5.74, 6) is -0.107. The van der Waals surface area contributed by atoms with Gasteiger partial charge in [-0.15, -0.1) is 0 Å². The summed E-state index contributed by atoms with van der Waals surface area (Å²) in [4.78, 5) is 34.2. The molecule has 1 saturated heterocycles. The van der Waals surface area contributed by atoms with Gasteiger partial charge in [-0.2, -0.15) is 5.10 Å². The lowest BCUT2D eigenvalue weighted by Crippen LogP contribution is -2.37. The van der Waals surface area contributed by atoms with Crippen molar-refractivity contribution < 1.29 is 14.7 Å². The fourth-order valence-corrected chi connectivity index (χ4v) is 4.75. The topological polar surface area (TPSA) is 104 Å². The van der Waals surface area contributed by atoms with Crippen LogP contribution in [0.15, 0.2) is 48.9 Å². The third kappa shape index (κ3) is 4.10. The third-order valence-electron chi connectivity index (χ3n) is 6.42. The van der Waals surface area contributed by atoms with Gasteiger partial charge >= 0.3 is 0 Å². The normalized spacial score (nSPS) is 14.6. The van der Waals surface area contributed by atoms with E-state index in [-0.39, 0.29) is 24.3 Å². The number of halogens is 1. The molecule has 174 valence electrons. The van der Waals surface area contributed by atoms with Gasteiger partial charge < -0.3 is 15.0 Å². The predicted molar refractivity (Wildman–Crippen MR) is 129 cm³/mol. The van der Waals surface area contributed by atoms with Gasteiger partial charge in [0.2, 0.25) is 5.91 Å². The van der Waals surface area contributed by atoms with E-state index in [1.54, 1.807) is 37.5 Å². The molecular weight excluding hydrogens is 454 g/mol. The molecule has 8 nitrogen and oxygen atoms in total. The number of nitrogens with one attached hydrogen (secondary N) is 1. The van der Waals surface area contributed by atoms with Crippen LogP contribution in [0.1, 0.15) is 47.3 Å². The summed E-state index contributed by atoms with van der Waals surface area (Å²) < 4.78 is 1.96. The Balaban J connectivity index is 1.42. The maximum Gasteiger partial charge on any atom is 0.219 e. The van der Waals surface area contributed by atoms with Gasteiger partial charge in [0, 0.05) is 60.7 Å². The van der Waals surface area contributed by atoms with Crippen LogP contribution in [0.4, 0.5) is 0 Å². The molecule has 0 radical (unpaired) electrons. The summed E-state index contributed by atoms with van der Waals surface area (Å²) in [5.41, 5.74) is 3.67. The highest BCUT2D eigenvalue weighted by Gasteiger charge is 2.23. The molecule has 0 atom stereocenters. The maximum atomic E-state index is 13.2. The molecule has 0 unspecified atom stereocenters. The van der Waals surface area contributed by atoms with Gasteiger partial charge in [0.15, 0.2) is 5.78 Å². The number of ketones is 1. The zero-order valence-corrected chi connectivity index (χ0v) is 19.4. The molecule has 4 heterocycles. The second-order valence-corrected chi connectivity index (χ2v) is 8.95. The van der Waals surface area contributed by atoms with E-state index in [1.165, 1.54) is 0 Å². The summed E-state index contributed by atoms with van der Waals surface area (Å²) in [7, 11) is 0. The van der Waals surface area contributed by atoms with Crippen molar-refractivity contribution in [3.05, 3.63) is 70.6 Å². The Morgan fingerprint density at radius 2 is 1.97 bits per heavy atom. The van der Waals surface area contributed by atoms with Crippen LogP contribution in [0.25, 0.3) is 22.3 Å². The lowest BCUT2D eigenvalue weighted by Gasteiger charge is -2.31. The number of aromatic amines is 1. The molecule has 3 aromatic heterocycles. The standard InChI is InChI=1S/C25H24ClN5O3/c1-15(33)30-7-4-18(5-8-30)31-9-6-23(29-31)17-11-20-21(13-28-25(20)27-12-17)24(34)19-3-2-16(14-32)10-22(19)26/h2-3,6,9-13,18,32H,4-5,7-8,14H2,1H3,(H,27,28). The second kappa shape index (κ2) is 9.04. The van der Waals surface area contributed by atoms with Gasteiger partial charge in [-0.3, -0.25) is 14.3 Å². The Kier molecular flexibility index (Phi) is 5.93. The summed E-state index contributed by atoms with van der Waals surface area (Å²) in [6.45, 7) is 2.93. The van der Waals surface area contributed by atoms with Crippen molar-refractivity contribution in [3.63, 3.8) is 0 Å². The molecule has 2 N–H and O–H groups in total. The van der Waals surface area contributed by atoms with Crippen molar-refractivity contribution in [2.45, 2.75) is 32.4 Å². The number of hydrogen-bond acceptors (Lipinski definition) is 5. The van der Waals surface area contributed by atoms with E-state index in [0.29, 0.717) is 32.7 Å². The van der Waals surface area contributed by atoms with Crippen molar-refractivity contribution in [1.29, 1.82) is 0 Å². The van der Waals surface area contributed by atoms with Crippen LogP contribution < -0.4 is 0 Å². The number of carbonyl (C=O) groups excluding carboxylic acids is 2. The van der Waals surface area contributed by atoms with Crippen LogP contribution in [0, 0.1) is 0 Å². The van der Waals surface area contributed by atoms with E-state index < -0.39 is 0 Å². The molecule has 1 amide bonds. The average Bonchev–Trinajstić information content (AvgIpc) is 3.51. The molecule has 9 heteroatoms. The minimum Gasteiger partial charge on any atom is -0.392 e. The Labute approximate surface area is 201 Å². The number of hydrogen-bond donors (Lipinski definition) is 2. The van der Waals surface area contributed by atoms with Crippen LogP contribution in [-0.2, 0) is 11.4 Å². The number of pyridine rings is 1. The molecule has 1 aliphatic rings. The number of nitrogens with zero attached hydrogens (tertiary/aromatic N) is 4. The number of amides is 1. The minimum atomic E-state index is -0.220. The summed E-state index contributed by atoms with van der Waals surface area (Å²) in [6.07, 6.45) is 7.07. The number of aliphatic hydroxyl groups excluding tert-OH is 1. The largest absolute Gasteiger partial charge is 0.392 e. The predicted octanol–water partition coefficient (Wildman–Crippen LogP) is 3.99. The Bertz CT molecular complexity index is 1380. The van der Waals surface area contributed by atoms with Gasteiger partial charge in [0.05, 0.1) is 23.4 Å². The molecule has 0 saturated carbocycles. The number of benzene rings is 1. The first-order valence-corrected chi connectivity index (χ1v) is 11.5. The number of carbonyl (C=O) groups is 2. The molecule has 1 aliphatic heterocycles. The van der Waals surface area contributed by atoms with Gasteiger partial charge in [0.1, 0.15) is 5.65 Å². The van der Waals surface area contributed by atoms with Crippen LogP contribution in [-0.4, -0.2) is 54.5 Å². The molecular formula is C25H24ClN5O3. The molecule has 0 bridgehead atoms. The Morgan fingerprint density at radius 1 is 1.18 bits per heavy atom. The smallest absolute Gasteiger partial charge is 0.219 e. The highest BCUT2D eigenvalue weighted by atomic mass is 35.5. The van der Waals surface area contributed by atoms with Gasteiger partial charge in [-0.25, -0.2) is 4.98 Å². The van der Waals surface area contributed by atoms with E-state index in [9.17, 15) is 14.7 Å². The fraction of sp³-hybridized carbons (Fsp3) is 0.280. The SMILES string of the molecule is CC(=O)N1CCC(n2ccc(-c3cnc4[nH]cc(C(=O)c5ccc(CO)cc5Cl)c4c3)n2)CC1.